The molecule has 1 N–H and O–H groups in total. The van der Waals surface area contributed by atoms with Crippen LogP contribution in [0.2, 0.25) is 0 Å². The number of nitrogens with one attached hydrogen (secondary N) is 1. The van der Waals surface area contributed by atoms with E-state index in [-0.39, 0.29) is 23.3 Å². The van der Waals surface area contributed by atoms with Gasteiger partial charge in [-0.15, -0.1) is 0 Å². The Balaban J connectivity index is 1.96. The summed E-state index contributed by atoms with van der Waals surface area (Å²) in [5.74, 6) is 0.311. The Labute approximate surface area is 127 Å². The molecule has 0 saturated carbocycles. The predicted molar refractivity (Wildman–Crippen MR) is 80.9 cm³/mol. The Bertz CT molecular complexity index is 406. The highest BCUT2D eigenvalue weighted by atomic mass is 16.6. The van der Waals surface area contributed by atoms with Crippen molar-refractivity contribution in [2.45, 2.75) is 59.0 Å². The lowest BCUT2D eigenvalue weighted by molar-refractivity contribution is -0.124. The molecule has 0 aromatic rings. The highest BCUT2D eigenvalue weighted by molar-refractivity contribution is 5.82. The van der Waals surface area contributed by atoms with Crippen LogP contribution in [0.5, 0.6) is 0 Å². The minimum atomic E-state index is -0.457. The van der Waals surface area contributed by atoms with Crippen LogP contribution in [0.1, 0.15) is 53.4 Å². The summed E-state index contributed by atoms with van der Waals surface area (Å²) in [5, 5.41) is 3.02. The van der Waals surface area contributed by atoms with E-state index in [2.05, 4.69) is 12.2 Å². The number of carbonyl (C=O) groups is 2. The fourth-order valence-electron chi connectivity index (χ4n) is 3.50. The van der Waals surface area contributed by atoms with Crippen molar-refractivity contribution in [1.29, 1.82) is 0 Å². The van der Waals surface area contributed by atoms with E-state index in [0.29, 0.717) is 13.1 Å². The number of rotatable bonds is 2. The Morgan fingerprint density at radius 3 is 2.52 bits per heavy atom. The van der Waals surface area contributed by atoms with Crippen LogP contribution in [-0.4, -0.2) is 42.1 Å². The fraction of sp³-hybridized carbons (Fsp3) is 0.875. The number of piperidine rings is 1. The van der Waals surface area contributed by atoms with Crippen molar-refractivity contribution in [3.05, 3.63) is 0 Å². The summed E-state index contributed by atoms with van der Waals surface area (Å²) < 4.78 is 5.43. The van der Waals surface area contributed by atoms with E-state index >= 15 is 0 Å². The number of carbonyl (C=O) groups excluding carboxylic acids is 2. The van der Waals surface area contributed by atoms with Gasteiger partial charge in [-0.2, -0.15) is 0 Å². The largest absolute Gasteiger partial charge is 0.444 e. The van der Waals surface area contributed by atoms with Gasteiger partial charge in [0.25, 0.3) is 0 Å². The van der Waals surface area contributed by atoms with Crippen LogP contribution in [0.25, 0.3) is 0 Å². The third kappa shape index (κ3) is 3.50. The van der Waals surface area contributed by atoms with Crippen LogP contribution in [0.15, 0.2) is 0 Å². The van der Waals surface area contributed by atoms with Gasteiger partial charge in [0.2, 0.25) is 5.91 Å². The van der Waals surface area contributed by atoms with E-state index in [0.717, 1.165) is 32.2 Å². The first-order chi connectivity index (χ1) is 9.77. The Hall–Kier alpha value is -1.26. The molecule has 2 rings (SSSR count). The molecule has 2 heterocycles. The van der Waals surface area contributed by atoms with Gasteiger partial charge in [-0.3, -0.25) is 4.79 Å². The van der Waals surface area contributed by atoms with Crippen molar-refractivity contribution >= 4 is 12.0 Å². The van der Waals surface area contributed by atoms with Gasteiger partial charge in [0.15, 0.2) is 0 Å². The Morgan fingerprint density at radius 2 is 2.00 bits per heavy atom. The second-order valence-electron chi connectivity index (χ2n) is 7.39. The van der Waals surface area contributed by atoms with Crippen LogP contribution in [0.3, 0.4) is 0 Å². The maximum atomic E-state index is 12.1. The zero-order valence-corrected chi connectivity index (χ0v) is 13.7. The molecular weight excluding hydrogens is 268 g/mol. The molecule has 0 bridgehead atoms. The van der Waals surface area contributed by atoms with E-state index in [1.807, 2.05) is 20.8 Å². The summed E-state index contributed by atoms with van der Waals surface area (Å²) >= 11 is 0. The smallest absolute Gasteiger partial charge is 0.410 e. The molecule has 2 aliphatic heterocycles. The van der Waals surface area contributed by atoms with Gasteiger partial charge in [0, 0.05) is 31.0 Å². The maximum Gasteiger partial charge on any atom is 0.410 e. The molecule has 0 aromatic carbocycles. The highest BCUT2D eigenvalue weighted by Crippen LogP contribution is 2.44. The Kier molecular flexibility index (Phi) is 4.49. The van der Waals surface area contributed by atoms with Crippen molar-refractivity contribution < 1.29 is 14.3 Å². The van der Waals surface area contributed by atoms with Crippen LogP contribution in [-0.2, 0) is 9.53 Å². The molecule has 1 atom stereocenters. The van der Waals surface area contributed by atoms with E-state index in [9.17, 15) is 9.59 Å². The van der Waals surface area contributed by atoms with Gasteiger partial charge in [-0.1, -0.05) is 13.3 Å². The average Bonchev–Trinajstić information content (AvgIpc) is 2.68. The van der Waals surface area contributed by atoms with Gasteiger partial charge in [0.1, 0.15) is 5.60 Å². The van der Waals surface area contributed by atoms with Gasteiger partial charge in [-0.25, -0.2) is 4.79 Å². The second kappa shape index (κ2) is 5.85. The average molecular weight is 296 g/mol. The molecule has 0 aromatic heterocycles. The van der Waals surface area contributed by atoms with Crippen LogP contribution >= 0.6 is 0 Å². The van der Waals surface area contributed by atoms with Crippen molar-refractivity contribution in [2.24, 2.45) is 11.3 Å². The number of likely N-dealkylation sites (tertiary alicyclic amines) is 1. The molecule has 5 nitrogen and oxygen atoms in total. The van der Waals surface area contributed by atoms with Crippen LogP contribution in [0, 0.1) is 11.3 Å². The lowest BCUT2D eigenvalue weighted by atomic mass is 9.69. The van der Waals surface area contributed by atoms with E-state index in [1.54, 1.807) is 4.90 Å². The maximum absolute atomic E-state index is 12.1. The van der Waals surface area contributed by atoms with Gasteiger partial charge in [0.05, 0.1) is 0 Å². The molecule has 0 aliphatic carbocycles. The minimum Gasteiger partial charge on any atom is -0.444 e. The molecule has 2 aliphatic rings. The van der Waals surface area contributed by atoms with E-state index in [1.165, 1.54) is 0 Å². The number of nitrogens with zero attached hydrogens (tertiary/aromatic N) is 1. The lowest BCUT2D eigenvalue weighted by Crippen LogP contribution is -2.47. The summed E-state index contributed by atoms with van der Waals surface area (Å²) in [7, 11) is 0. The molecule has 120 valence electrons. The number of hydrogen-bond donors (Lipinski definition) is 1. The van der Waals surface area contributed by atoms with Crippen molar-refractivity contribution in [3.8, 4) is 0 Å². The van der Waals surface area contributed by atoms with Gasteiger partial charge < -0.3 is 15.0 Å². The first-order valence-corrected chi connectivity index (χ1v) is 8.03. The topological polar surface area (TPSA) is 58.6 Å². The molecule has 0 radical (unpaired) electrons. The third-order valence-corrected chi connectivity index (χ3v) is 4.66. The predicted octanol–water partition coefficient (Wildman–Crippen LogP) is 2.55. The monoisotopic (exact) mass is 296 g/mol. The van der Waals surface area contributed by atoms with Crippen molar-refractivity contribution in [2.75, 3.05) is 19.6 Å². The molecule has 2 saturated heterocycles. The highest BCUT2D eigenvalue weighted by Gasteiger charge is 2.49. The summed E-state index contributed by atoms with van der Waals surface area (Å²) in [4.78, 5) is 25.9. The summed E-state index contributed by atoms with van der Waals surface area (Å²) in [6.45, 7) is 9.90. The molecule has 21 heavy (non-hydrogen) atoms. The number of amides is 2. The summed E-state index contributed by atoms with van der Waals surface area (Å²) in [6, 6.07) is 0. The van der Waals surface area contributed by atoms with Gasteiger partial charge in [-0.05, 0) is 40.0 Å². The zero-order valence-electron chi connectivity index (χ0n) is 13.7. The fourth-order valence-corrected chi connectivity index (χ4v) is 3.50. The SMILES string of the molecule is CCC[C@@H]1C(=O)NCC12CCN(C(=O)OC(C)(C)C)CC2. The van der Waals surface area contributed by atoms with Crippen molar-refractivity contribution in [1.82, 2.24) is 10.2 Å². The Morgan fingerprint density at radius 1 is 1.38 bits per heavy atom. The molecule has 5 heteroatoms. The molecule has 2 amide bonds. The van der Waals surface area contributed by atoms with Crippen LogP contribution < -0.4 is 5.32 Å². The summed E-state index contributed by atoms with van der Waals surface area (Å²) in [5.41, 5.74) is -0.409. The molecule has 0 unspecified atom stereocenters. The second-order valence-corrected chi connectivity index (χ2v) is 7.39. The molecular formula is C16H28N2O3. The number of ether oxygens (including phenoxy) is 1. The third-order valence-electron chi connectivity index (χ3n) is 4.66. The first-order valence-electron chi connectivity index (χ1n) is 8.03. The zero-order chi connectivity index (χ0) is 15.7. The lowest BCUT2D eigenvalue weighted by Gasteiger charge is -2.41. The van der Waals surface area contributed by atoms with Crippen molar-refractivity contribution in [3.63, 3.8) is 0 Å². The molecule has 2 fully saturated rings. The van der Waals surface area contributed by atoms with Gasteiger partial charge >= 0.3 is 6.09 Å². The normalized spacial score (nSPS) is 25.0. The summed E-state index contributed by atoms with van der Waals surface area (Å²) in [6.07, 6.45) is 3.50. The quantitative estimate of drug-likeness (QED) is 0.852. The van der Waals surface area contributed by atoms with E-state index < -0.39 is 5.60 Å². The van der Waals surface area contributed by atoms with E-state index in [4.69, 9.17) is 4.74 Å². The first kappa shape index (κ1) is 16.1. The van der Waals surface area contributed by atoms with Crippen LogP contribution in [0.4, 0.5) is 4.79 Å². The standard InChI is InChI=1S/C16H28N2O3/c1-5-6-12-13(19)17-11-16(12)7-9-18(10-8-16)14(20)21-15(2,3)4/h12H,5-11H2,1-4H3,(H,17,19)/t12-/m1/s1. The number of hydrogen-bond acceptors (Lipinski definition) is 3. The minimum absolute atomic E-state index is 0.0472. The molecule has 1 spiro atoms.